The number of carboxylic acids is 1. The molecule has 1 aromatic rings. The maximum absolute atomic E-state index is 12.0. The topological polar surface area (TPSA) is 90.2 Å². The Morgan fingerprint density at radius 2 is 2.00 bits per heavy atom. The number of benzene rings is 1. The van der Waals surface area contributed by atoms with Gasteiger partial charge in [-0.3, -0.25) is 4.79 Å². The van der Waals surface area contributed by atoms with Crippen LogP contribution in [-0.4, -0.2) is 22.5 Å². The van der Waals surface area contributed by atoms with E-state index in [1.54, 1.807) is 24.3 Å². The van der Waals surface area contributed by atoms with Gasteiger partial charge in [0.2, 0.25) is 0 Å². The molecule has 0 fully saturated rings. The number of carbonyl (C=O) groups excluding carboxylic acids is 1. The van der Waals surface area contributed by atoms with E-state index < -0.39 is 17.4 Å². The number of carboxylic acid groups (broad SMARTS) is 1. The van der Waals surface area contributed by atoms with E-state index in [4.69, 9.17) is 10.4 Å². The number of amides is 1. The lowest BCUT2D eigenvalue weighted by atomic mass is 9.95. The molecule has 5 nitrogen and oxygen atoms in total. The summed E-state index contributed by atoms with van der Waals surface area (Å²) in [5.41, 5.74) is -1.08. The molecule has 0 aliphatic heterocycles. The molecule has 100 valence electrons. The molecule has 1 amide bonds. The Morgan fingerprint density at radius 3 is 2.47 bits per heavy atom. The maximum atomic E-state index is 12.0. The number of halogens is 1. The Labute approximate surface area is 119 Å². The minimum Gasteiger partial charge on any atom is -0.480 e. The van der Waals surface area contributed by atoms with Gasteiger partial charge in [0.1, 0.15) is 5.54 Å². The second-order valence-electron chi connectivity index (χ2n) is 4.26. The van der Waals surface area contributed by atoms with Crippen LogP contribution >= 0.6 is 15.9 Å². The van der Waals surface area contributed by atoms with E-state index in [1.807, 2.05) is 6.07 Å². The van der Waals surface area contributed by atoms with E-state index in [-0.39, 0.29) is 12.8 Å². The summed E-state index contributed by atoms with van der Waals surface area (Å²) in [5, 5.41) is 20.2. The van der Waals surface area contributed by atoms with Crippen molar-refractivity contribution in [2.45, 2.75) is 25.3 Å². The fourth-order valence-electron chi connectivity index (χ4n) is 1.45. The molecule has 0 spiro atoms. The summed E-state index contributed by atoms with van der Waals surface area (Å²) in [4.78, 5) is 23.2. The largest absolute Gasteiger partial charge is 0.480 e. The molecule has 0 aliphatic rings. The van der Waals surface area contributed by atoms with E-state index in [0.29, 0.717) is 5.56 Å². The quantitative estimate of drug-likeness (QED) is 0.869. The average Bonchev–Trinajstić information content (AvgIpc) is 2.36. The van der Waals surface area contributed by atoms with Gasteiger partial charge in [0, 0.05) is 16.5 Å². The van der Waals surface area contributed by atoms with Crippen LogP contribution in [0, 0.1) is 11.3 Å². The Morgan fingerprint density at radius 1 is 1.42 bits per heavy atom. The number of hydrogen-bond acceptors (Lipinski definition) is 3. The van der Waals surface area contributed by atoms with Crippen molar-refractivity contribution in [3.63, 3.8) is 0 Å². The van der Waals surface area contributed by atoms with E-state index in [0.717, 1.165) is 4.47 Å². The fraction of sp³-hybridized carbons (Fsp3) is 0.308. The second-order valence-corrected chi connectivity index (χ2v) is 5.17. The van der Waals surface area contributed by atoms with Crippen molar-refractivity contribution in [3.8, 4) is 6.07 Å². The minimum absolute atomic E-state index is 0.0566. The van der Waals surface area contributed by atoms with E-state index in [9.17, 15) is 9.59 Å². The molecule has 1 aromatic carbocycles. The van der Waals surface area contributed by atoms with Gasteiger partial charge in [-0.2, -0.15) is 5.26 Å². The van der Waals surface area contributed by atoms with Crippen LogP contribution in [0.4, 0.5) is 0 Å². The molecule has 0 aliphatic carbocycles. The molecular weight excluding hydrogens is 312 g/mol. The molecular formula is C13H13BrN2O3. The van der Waals surface area contributed by atoms with Crippen molar-refractivity contribution >= 4 is 27.8 Å². The first-order valence-corrected chi connectivity index (χ1v) is 6.37. The van der Waals surface area contributed by atoms with Crippen LogP contribution in [0.3, 0.4) is 0 Å². The normalized spacial score (nSPS) is 13.1. The average molecular weight is 325 g/mol. The molecule has 1 atom stereocenters. The number of carbonyl (C=O) groups is 2. The molecule has 0 unspecified atom stereocenters. The van der Waals surface area contributed by atoms with Crippen LogP contribution in [0.25, 0.3) is 0 Å². The first-order valence-electron chi connectivity index (χ1n) is 5.57. The summed E-state index contributed by atoms with van der Waals surface area (Å²) in [5.74, 6) is -1.64. The Bertz CT molecular complexity index is 522. The Hall–Kier alpha value is -1.87. The number of hydrogen-bond donors (Lipinski definition) is 2. The van der Waals surface area contributed by atoms with Crippen molar-refractivity contribution < 1.29 is 14.7 Å². The Balaban J connectivity index is 2.85. The van der Waals surface area contributed by atoms with E-state index in [2.05, 4.69) is 21.2 Å². The van der Waals surface area contributed by atoms with E-state index >= 15 is 0 Å². The number of rotatable bonds is 5. The SMILES string of the molecule is C[C@](CCC#N)(NC(=O)c1ccc(Br)cc1)C(=O)O. The van der Waals surface area contributed by atoms with Crippen LogP contribution in [0.1, 0.15) is 30.1 Å². The fourth-order valence-corrected chi connectivity index (χ4v) is 1.72. The predicted molar refractivity (Wildman–Crippen MR) is 72.5 cm³/mol. The van der Waals surface area contributed by atoms with Crippen molar-refractivity contribution in [1.29, 1.82) is 5.26 Å². The smallest absolute Gasteiger partial charge is 0.329 e. The van der Waals surface area contributed by atoms with Gasteiger partial charge in [-0.1, -0.05) is 15.9 Å². The number of aliphatic carboxylic acids is 1. The van der Waals surface area contributed by atoms with Gasteiger partial charge in [0.05, 0.1) is 6.07 Å². The van der Waals surface area contributed by atoms with Crippen molar-refractivity contribution in [2.75, 3.05) is 0 Å². The maximum Gasteiger partial charge on any atom is 0.329 e. The third kappa shape index (κ3) is 4.07. The van der Waals surface area contributed by atoms with Crippen molar-refractivity contribution in [1.82, 2.24) is 5.32 Å². The van der Waals surface area contributed by atoms with Crippen LogP contribution in [0.15, 0.2) is 28.7 Å². The molecule has 2 N–H and O–H groups in total. The Kier molecular flexibility index (Phi) is 5.07. The highest BCUT2D eigenvalue weighted by molar-refractivity contribution is 9.10. The highest BCUT2D eigenvalue weighted by atomic mass is 79.9. The van der Waals surface area contributed by atoms with Gasteiger partial charge in [0.15, 0.2) is 0 Å². The monoisotopic (exact) mass is 324 g/mol. The molecule has 0 saturated heterocycles. The molecule has 6 heteroatoms. The molecule has 0 heterocycles. The summed E-state index contributed by atoms with van der Waals surface area (Å²) in [6.45, 7) is 1.39. The van der Waals surface area contributed by atoms with Crippen LogP contribution in [-0.2, 0) is 4.79 Å². The first kappa shape index (κ1) is 15.2. The summed E-state index contributed by atoms with van der Waals surface area (Å²) in [7, 11) is 0. The summed E-state index contributed by atoms with van der Waals surface area (Å²) in [6, 6.07) is 8.45. The zero-order valence-electron chi connectivity index (χ0n) is 10.3. The van der Waals surface area contributed by atoms with Crippen LogP contribution in [0.2, 0.25) is 0 Å². The number of nitriles is 1. The van der Waals surface area contributed by atoms with Crippen molar-refractivity contribution in [3.05, 3.63) is 34.3 Å². The molecule has 0 bridgehead atoms. The van der Waals surface area contributed by atoms with Crippen LogP contribution in [0.5, 0.6) is 0 Å². The van der Waals surface area contributed by atoms with Gasteiger partial charge in [-0.25, -0.2) is 4.79 Å². The highest BCUT2D eigenvalue weighted by Gasteiger charge is 2.34. The lowest BCUT2D eigenvalue weighted by Gasteiger charge is -2.25. The third-order valence-corrected chi connectivity index (χ3v) is 3.23. The molecule has 19 heavy (non-hydrogen) atoms. The number of nitrogens with one attached hydrogen (secondary N) is 1. The second kappa shape index (κ2) is 6.34. The lowest BCUT2D eigenvalue weighted by Crippen LogP contribution is -2.52. The number of nitrogens with zero attached hydrogens (tertiary/aromatic N) is 1. The first-order chi connectivity index (χ1) is 8.89. The van der Waals surface area contributed by atoms with Gasteiger partial charge < -0.3 is 10.4 Å². The standard InChI is InChI=1S/C13H13BrN2O3/c1-13(12(18)19,7-2-8-15)16-11(17)9-3-5-10(14)6-4-9/h3-6H,2,7H2,1H3,(H,16,17)(H,18,19)/t13-/m1/s1. The molecule has 1 rings (SSSR count). The van der Waals surface area contributed by atoms with Gasteiger partial charge in [0.25, 0.3) is 5.91 Å². The summed E-state index contributed by atoms with van der Waals surface area (Å²) in [6.07, 6.45) is 0.116. The lowest BCUT2D eigenvalue weighted by molar-refractivity contribution is -0.144. The van der Waals surface area contributed by atoms with E-state index in [1.165, 1.54) is 6.92 Å². The van der Waals surface area contributed by atoms with Gasteiger partial charge >= 0.3 is 5.97 Å². The highest BCUT2D eigenvalue weighted by Crippen LogP contribution is 2.15. The van der Waals surface area contributed by atoms with Gasteiger partial charge in [-0.15, -0.1) is 0 Å². The van der Waals surface area contributed by atoms with Crippen molar-refractivity contribution in [2.24, 2.45) is 0 Å². The van der Waals surface area contributed by atoms with Gasteiger partial charge in [-0.05, 0) is 37.6 Å². The summed E-state index contributed by atoms with van der Waals surface area (Å²) >= 11 is 3.25. The van der Waals surface area contributed by atoms with Crippen LogP contribution < -0.4 is 5.32 Å². The minimum atomic E-state index is -1.44. The zero-order chi connectivity index (χ0) is 14.5. The zero-order valence-corrected chi connectivity index (χ0v) is 11.9. The molecule has 0 saturated carbocycles. The molecule has 0 aromatic heterocycles. The predicted octanol–water partition coefficient (Wildman–Crippen LogP) is 2.33. The summed E-state index contributed by atoms with van der Waals surface area (Å²) < 4.78 is 0.828. The third-order valence-electron chi connectivity index (χ3n) is 2.70. The molecule has 0 radical (unpaired) electrons.